The van der Waals surface area contributed by atoms with Gasteiger partial charge in [-0.15, -0.1) is 0 Å². The molecule has 0 radical (unpaired) electrons. The quantitative estimate of drug-likeness (QED) is 0.670. The molecule has 0 aliphatic carbocycles. The molecule has 0 fully saturated rings. The number of aromatic nitrogens is 1. The van der Waals surface area contributed by atoms with Crippen LogP contribution in [0.2, 0.25) is 0 Å². The van der Waals surface area contributed by atoms with Crippen LogP contribution in [0.15, 0.2) is 24.4 Å². The third kappa shape index (κ3) is 2.20. The van der Waals surface area contributed by atoms with Crippen molar-refractivity contribution in [2.24, 2.45) is 0 Å². The molecule has 1 N–H and O–H groups in total. The summed E-state index contributed by atoms with van der Waals surface area (Å²) in [7, 11) is 0. The van der Waals surface area contributed by atoms with Crippen molar-refractivity contribution in [3.8, 4) is 0 Å². The summed E-state index contributed by atoms with van der Waals surface area (Å²) in [6.45, 7) is 2.03. The second-order valence-corrected chi connectivity index (χ2v) is 1.55. The van der Waals surface area contributed by atoms with E-state index in [1.165, 1.54) is 5.69 Å². The maximum Gasteiger partial charge on any atom is 3.00 e. The van der Waals surface area contributed by atoms with Gasteiger partial charge in [0.15, 0.2) is 11.9 Å². The fourth-order valence-electron chi connectivity index (χ4n) is 0.483. The van der Waals surface area contributed by atoms with E-state index < -0.39 is 0 Å². The van der Waals surface area contributed by atoms with Gasteiger partial charge in [0.05, 0.1) is 0 Å². The Morgan fingerprint density at radius 1 is 1.38 bits per heavy atom. The molecule has 1 rings (SSSR count). The average Bonchev–Trinajstić information content (AvgIpc) is 1.69. The van der Waals surface area contributed by atoms with Crippen LogP contribution in [0.1, 0.15) is 5.69 Å². The van der Waals surface area contributed by atoms with Crippen LogP contribution in [-0.4, -0.2) is 0 Å². The Morgan fingerprint density at radius 2 is 2.12 bits per heavy atom. The predicted molar refractivity (Wildman–Crippen MR) is 27.7 cm³/mol. The maximum atomic E-state index is 3.03. The SMILES string of the molecule is Cc1cccc[nH+]1.[Ir+3]. The molecule has 0 spiro atoms. The zero-order valence-electron chi connectivity index (χ0n) is 4.64. The van der Waals surface area contributed by atoms with Crippen molar-refractivity contribution >= 4 is 0 Å². The molecule has 42 valence electrons. The van der Waals surface area contributed by atoms with Gasteiger partial charge >= 0.3 is 20.1 Å². The van der Waals surface area contributed by atoms with E-state index in [1.807, 2.05) is 31.3 Å². The van der Waals surface area contributed by atoms with Gasteiger partial charge in [0.1, 0.15) is 0 Å². The molecule has 0 aliphatic heterocycles. The molecule has 8 heavy (non-hydrogen) atoms. The van der Waals surface area contributed by atoms with Gasteiger partial charge in [-0.3, -0.25) is 0 Å². The summed E-state index contributed by atoms with van der Waals surface area (Å²) < 4.78 is 0. The molecular formula is C6H8IrN+4. The number of hydrogen-bond donors (Lipinski definition) is 0. The van der Waals surface area contributed by atoms with E-state index in [-0.39, 0.29) is 20.1 Å². The smallest absolute Gasteiger partial charge is 0.215 e. The van der Waals surface area contributed by atoms with E-state index in [2.05, 4.69) is 4.98 Å². The van der Waals surface area contributed by atoms with E-state index in [4.69, 9.17) is 0 Å². The summed E-state index contributed by atoms with van der Waals surface area (Å²) in [6, 6.07) is 6.00. The van der Waals surface area contributed by atoms with Crippen LogP contribution >= 0.6 is 0 Å². The van der Waals surface area contributed by atoms with Crippen molar-refractivity contribution in [3.63, 3.8) is 0 Å². The van der Waals surface area contributed by atoms with Crippen LogP contribution in [0.4, 0.5) is 0 Å². The predicted octanol–water partition coefficient (Wildman–Crippen LogP) is 0.807. The first-order valence-corrected chi connectivity index (χ1v) is 2.33. The molecule has 0 saturated heterocycles. The number of nitrogens with one attached hydrogen (secondary N) is 1. The minimum absolute atomic E-state index is 0. The van der Waals surface area contributed by atoms with E-state index in [0.29, 0.717) is 0 Å². The molecule has 0 atom stereocenters. The molecule has 1 aromatic heterocycles. The Hall–Kier alpha value is -0.201. The van der Waals surface area contributed by atoms with Crippen molar-refractivity contribution in [1.29, 1.82) is 0 Å². The number of H-pyrrole nitrogens is 1. The van der Waals surface area contributed by atoms with Crippen LogP contribution in [-0.2, 0) is 20.1 Å². The van der Waals surface area contributed by atoms with Gasteiger partial charge in [0.25, 0.3) is 0 Å². The van der Waals surface area contributed by atoms with Gasteiger partial charge in [-0.05, 0) is 0 Å². The molecule has 1 aromatic rings. The molecule has 0 saturated carbocycles. The number of rotatable bonds is 0. The second kappa shape index (κ2) is 3.76. The first kappa shape index (κ1) is 7.80. The number of pyridine rings is 1. The Bertz CT molecular complexity index is 138. The Morgan fingerprint density at radius 3 is 2.38 bits per heavy atom. The molecule has 0 aromatic carbocycles. The first-order chi connectivity index (χ1) is 3.39. The minimum Gasteiger partial charge on any atom is -0.215 e. The molecule has 0 unspecified atom stereocenters. The topological polar surface area (TPSA) is 14.1 Å². The maximum absolute atomic E-state index is 3.03. The summed E-state index contributed by atoms with van der Waals surface area (Å²) in [5, 5.41) is 0. The molecule has 0 bridgehead atoms. The van der Waals surface area contributed by atoms with Gasteiger partial charge in [0, 0.05) is 19.1 Å². The van der Waals surface area contributed by atoms with Crippen LogP contribution < -0.4 is 4.98 Å². The summed E-state index contributed by atoms with van der Waals surface area (Å²) >= 11 is 0. The van der Waals surface area contributed by atoms with Gasteiger partial charge in [0.2, 0.25) is 0 Å². The fraction of sp³-hybridized carbons (Fsp3) is 0.167. The van der Waals surface area contributed by atoms with E-state index in [0.717, 1.165) is 0 Å². The van der Waals surface area contributed by atoms with Gasteiger partial charge in [-0.25, -0.2) is 4.98 Å². The zero-order valence-corrected chi connectivity index (χ0v) is 7.04. The van der Waals surface area contributed by atoms with Crippen molar-refractivity contribution in [1.82, 2.24) is 0 Å². The zero-order chi connectivity index (χ0) is 5.11. The molecular weight excluding hydrogens is 278 g/mol. The Labute approximate surface area is 62.5 Å². The normalized spacial score (nSPS) is 7.62. The van der Waals surface area contributed by atoms with Crippen molar-refractivity contribution < 1.29 is 25.1 Å². The van der Waals surface area contributed by atoms with Crippen LogP contribution in [0.5, 0.6) is 0 Å². The second-order valence-electron chi connectivity index (χ2n) is 1.55. The minimum atomic E-state index is 0. The Balaban J connectivity index is 0.000000490. The van der Waals surface area contributed by atoms with Crippen molar-refractivity contribution in [3.05, 3.63) is 30.1 Å². The number of hydrogen-bond acceptors (Lipinski definition) is 0. The van der Waals surface area contributed by atoms with Crippen molar-refractivity contribution in [2.75, 3.05) is 0 Å². The number of aromatic amines is 1. The summed E-state index contributed by atoms with van der Waals surface area (Å²) in [4.78, 5) is 3.03. The van der Waals surface area contributed by atoms with Crippen LogP contribution in [0.3, 0.4) is 0 Å². The Kier molecular flexibility index (Phi) is 3.67. The average molecular weight is 286 g/mol. The fourth-order valence-corrected chi connectivity index (χ4v) is 0.483. The van der Waals surface area contributed by atoms with Gasteiger partial charge in [-0.2, -0.15) is 0 Å². The third-order valence-electron chi connectivity index (χ3n) is 0.865. The van der Waals surface area contributed by atoms with E-state index >= 15 is 0 Å². The summed E-state index contributed by atoms with van der Waals surface area (Å²) in [5.41, 5.74) is 1.20. The van der Waals surface area contributed by atoms with Crippen LogP contribution in [0.25, 0.3) is 0 Å². The first-order valence-electron chi connectivity index (χ1n) is 2.33. The standard InChI is InChI=1S/C6H7N.Ir/c1-6-4-2-3-5-7-6;/h2-5H,1H3;/q;+3/p+1. The summed E-state index contributed by atoms with van der Waals surface area (Å²) in [6.07, 6.45) is 1.91. The molecule has 0 aliphatic rings. The van der Waals surface area contributed by atoms with E-state index in [1.54, 1.807) is 0 Å². The molecule has 1 heterocycles. The largest absolute Gasteiger partial charge is 3.00 e. The van der Waals surface area contributed by atoms with Crippen molar-refractivity contribution in [2.45, 2.75) is 6.92 Å². The monoisotopic (exact) mass is 287 g/mol. The van der Waals surface area contributed by atoms with Crippen LogP contribution in [0, 0.1) is 6.92 Å². The van der Waals surface area contributed by atoms with Gasteiger partial charge < -0.3 is 0 Å². The molecule has 1 nitrogen and oxygen atoms in total. The third-order valence-corrected chi connectivity index (χ3v) is 0.865. The molecule has 0 amide bonds. The summed E-state index contributed by atoms with van der Waals surface area (Å²) in [5.74, 6) is 0. The van der Waals surface area contributed by atoms with Gasteiger partial charge in [-0.1, -0.05) is 6.07 Å². The molecule has 2 heteroatoms. The van der Waals surface area contributed by atoms with E-state index in [9.17, 15) is 0 Å². The number of aryl methyl sites for hydroxylation is 1.